The highest BCUT2D eigenvalue weighted by Gasteiger charge is 2.54. The number of oxime groups is 1. The molecule has 2 aliphatic rings. The second-order valence-corrected chi connectivity index (χ2v) is 12.2. The molecule has 0 aliphatic carbocycles. The van der Waals surface area contributed by atoms with Crippen LogP contribution in [0.15, 0.2) is 40.3 Å². The van der Waals surface area contributed by atoms with Gasteiger partial charge in [-0.1, -0.05) is 5.16 Å². The molecule has 2 amide bonds. The van der Waals surface area contributed by atoms with Crippen molar-refractivity contribution in [1.82, 2.24) is 19.8 Å². The lowest BCUT2D eigenvalue weighted by atomic mass is 10.0. The van der Waals surface area contributed by atoms with Crippen LogP contribution in [-0.4, -0.2) is 87.1 Å². The molecule has 4 heterocycles. The number of aromatic nitrogens is 3. The van der Waals surface area contributed by atoms with Crippen molar-refractivity contribution in [1.29, 1.82) is 0 Å². The molecule has 1 fully saturated rings. The number of hydrogen-bond donors (Lipinski definition) is 6. The first-order valence-electron chi connectivity index (χ1n) is 12.5. The molecular formula is C25H26N7O9S2+. The molecule has 3 aromatic rings. The summed E-state index contributed by atoms with van der Waals surface area (Å²) in [4.78, 5) is 60.6. The highest BCUT2D eigenvalue weighted by atomic mass is 32.2. The number of hydrogen-bond acceptors (Lipinski definition) is 12. The van der Waals surface area contributed by atoms with Crippen LogP contribution in [-0.2, 0) is 37.6 Å². The maximum atomic E-state index is 13.3. The van der Waals surface area contributed by atoms with Crippen LogP contribution in [0.2, 0.25) is 0 Å². The number of aliphatic carboxylic acids is 2. The lowest BCUT2D eigenvalue weighted by molar-refractivity contribution is -0.645. The fraction of sp³-hybridized carbons (Fsp3) is 0.320. The van der Waals surface area contributed by atoms with Crippen LogP contribution in [0.5, 0.6) is 11.5 Å². The molecule has 1 saturated heterocycles. The number of β-lactam (4-membered cyclic amide) rings is 1. The minimum absolute atomic E-state index is 0.000916. The Morgan fingerprint density at radius 3 is 2.58 bits per heavy atom. The Bertz CT molecular complexity index is 1760. The molecule has 7 N–H and O–H groups in total. The Hall–Kier alpha value is -4.84. The zero-order valence-corrected chi connectivity index (χ0v) is 24.5. The van der Waals surface area contributed by atoms with E-state index >= 15 is 0 Å². The van der Waals surface area contributed by atoms with Gasteiger partial charge in [-0.05, 0) is 13.8 Å². The largest absolute Gasteiger partial charge is 0.504 e. The van der Waals surface area contributed by atoms with Crippen LogP contribution >= 0.6 is 23.1 Å². The minimum atomic E-state index is -1.78. The molecule has 16 nitrogen and oxygen atoms in total. The fourth-order valence-electron chi connectivity index (χ4n) is 4.55. The van der Waals surface area contributed by atoms with E-state index in [1.165, 1.54) is 43.1 Å². The predicted octanol–water partition coefficient (Wildman–Crippen LogP) is -0.0616. The number of aromatic hydroxyl groups is 2. The topological polar surface area (TPSA) is 234 Å². The number of nitrogens with one attached hydrogen (secondary N) is 1. The number of amides is 2. The van der Waals surface area contributed by atoms with E-state index in [1.54, 1.807) is 22.5 Å². The smallest absolute Gasteiger partial charge is 0.352 e. The molecule has 2 atom stereocenters. The predicted molar refractivity (Wildman–Crippen MR) is 152 cm³/mol. The number of benzene rings is 1. The number of aryl methyl sites for hydroxylation is 1. The summed E-state index contributed by atoms with van der Waals surface area (Å²) in [5, 5.41) is 46.3. The molecule has 0 bridgehead atoms. The van der Waals surface area contributed by atoms with Gasteiger partial charge in [-0.3, -0.25) is 14.5 Å². The lowest BCUT2D eigenvalue weighted by Crippen LogP contribution is -2.71. The Morgan fingerprint density at radius 1 is 1.26 bits per heavy atom. The van der Waals surface area contributed by atoms with Crippen molar-refractivity contribution in [3.05, 3.63) is 40.8 Å². The van der Waals surface area contributed by atoms with Crippen LogP contribution < -0.4 is 15.6 Å². The third-order valence-electron chi connectivity index (χ3n) is 6.83. The third kappa shape index (κ3) is 5.29. The summed E-state index contributed by atoms with van der Waals surface area (Å²) in [6.07, 6.45) is 1.67. The van der Waals surface area contributed by atoms with Crippen molar-refractivity contribution in [3.63, 3.8) is 0 Å². The van der Waals surface area contributed by atoms with Gasteiger partial charge in [0.2, 0.25) is 11.9 Å². The van der Waals surface area contributed by atoms with Gasteiger partial charge in [-0.2, -0.15) is 0 Å². The van der Waals surface area contributed by atoms with Crippen LogP contribution in [0.25, 0.3) is 11.0 Å². The summed E-state index contributed by atoms with van der Waals surface area (Å²) >= 11 is 2.25. The second kappa shape index (κ2) is 10.8. The molecular weight excluding hydrogens is 606 g/mol. The summed E-state index contributed by atoms with van der Waals surface area (Å²) in [5.41, 5.74) is 4.81. The van der Waals surface area contributed by atoms with E-state index in [2.05, 4.69) is 15.5 Å². The summed E-state index contributed by atoms with van der Waals surface area (Å²) in [6.45, 7) is 2.54. The normalized spacial score (nSPS) is 18.8. The Kier molecular flexibility index (Phi) is 7.43. The van der Waals surface area contributed by atoms with E-state index in [0.29, 0.717) is 16.6 Å². The molecule has 226 valence electrons. The number of fused-ring (bicyclic) bond motifs is 2. The zero-order chi connectivity index (χ0) is 31.4. The highest BCUT2D eigenvalue weighted by molar-refractivity contribution is 8.00. The number of anilines is 1. The number of carbonyl (C=O) groups excluding carboxylic acids is 2. The number of thiazole rings is 1. The van der Waals surface area contributed by atoms with Gasteiger partial charge in [0.1, 0.15) is 29.4 Å². The van der Waals surface area contributed by atoms with Crippen LogP contribution in [0.1, 0.15) is 19.5 Å². The average molecular weight is 633 g/mol. The van der Waals surface area contributed by atoms with E-state index in [0.717, 1.165) is 16.2 Å². The number of imidazole rings is 1. The third-order valence-corrected chi connectivity index (χ3v) is 8.84. The van der Waals surface area contributed by atoms with E-state index < -0.39 is 46.5 Å². The first-order chi connectivity index (χ1) is 20.2. The van der Waals surface area contributed by atoms with Crippen LogP contribution in [0, 0.1) is 0 Å². The molecule has 0 unspecified atom stereocenters. The second-order valence-electron chi connectivity index (χ2n) is 10.2. The van der Waals surface area contributed by atoms with Crippen molar-refractivity contribution in [2.45, 2.75) is 37.4 Å². The van der Waals surface area contributed by atoms with Crippen LogP contribution in [0.4, 0.5) is 5.13 Å². The lowest BCUT2D eigenvalue weighted by Gasteiger charge is -2.49. The van der Waals surface area contributed by atoms with E-state index in [4.69, 9.17) is 10.6 Å². The molecule has 5 rings (SSSR count). The van der Waals surface area contributed by atoms with Crippen molar-refractivity contribution in [2.24, 2.45) is 12.2 Å². The van der Waals surface area contributed by atoms with Gasteiger partial charge < -0.3 is 36.3 Å². The number of nitrogens with two attached hydrogens (primary N) is 1. The molecule has 0 saturated carbocycles. The fourth-order valence-corrected chi connectivity index (χ4v) is 6.43. The number of phenols is 2. The van der Waals surface area contributed by atoms with Gasteiger partial charge in [0.15, 0.2) is 33.4 Å². The number of phenolic OH excluding ortho intramolecular Hbond substituents is 2. The number of carbonyl (C=O) groups is 4. The number of nitrogens with zero attached hydrogens (tertiary/aromatic N) is 5. The van der Waals surface area contributed by atoms with E-state index in [1.807, 2.05) is 0 Å². The van der Waals surface area contributed by atoms with Gasteiger partial charge in [0.25, 0.3) is 11.8 Å². The SMILES string of the molecule is C[n+]1cn(CC2=C(C(=O)O)N3C(=O)[C@@H](NC(=O)/C(=N\OC(C)(C)C(=O)O)c4csc(N)n4)[C@H]3SC2)c2cc(O)c(O)cc21. The maximum Gasteiger partial charge on any atom is 0.352 e. The van der Waals surface area contributed by atoms with E-state index in [9.17, 15) is 39.6 Å². The van der Waals surface area contributed by atoms with Crippen molar-refractivity contribution < 1.29 is 49.0 Å². The minimum Gasteiger partial charge on any atom is -0.504 e. The summed E-state index contributed by atoms with van der Waals surface area (Å²) in [6, 6.07) is 1.63. The molecule has 1 aromatic carbocycles. The number of nitrogen functional groups attached to an aromatic ring is 1. The Morgan fingerprint density at radius 2 is 1.95 bits per heavy atom. The highest BCUT2D eigenvalue weighted by Crippen LogP contribution is 2.41. The first kappa shape index (κ1) is 29.6. The molecule has 2 aliphatic heterocycles. The van der Waals surface area contributed by atoms with Crippen molar-refractivity contribution in [3.8, 4) is 11.5 Å². The zero-order valence-electron chi connectivity index (χ0n) is 22.8. The number of carboxylic acid groups (broad SMARTS) is 2. The number of carboxylic acids is 2. The summed E-state index contributed by atoms with van der Waals surface area (Å²) < 4.78 is 3.39. The van der Waals surface area contributed by atoms with E-state index in [-0.39, 0.29) is 40.3 Å². The van der Waals surface area contributed by atoms with Gasteiger partial charge >= 0.3 is 11.9 Å². The summed E-state index contributed by atoms with van der Waals surface area (Å²) in [7, 11) is 1.73. The molecule has 2 aromatic heterocycles. The molecule has 43 heavy (non-hydrogen) atoms. The molecule has 0 spiro atoms. The van der Waals surface area contributed by atoms with Gasteiger partial charge in [0.05, 0.1) is 7.05 Å². The first-order valence-corrected chi connectivity index (χ1v) is 14.4. The number of thioether (sulfide) groups is 1. The van der Waals surface area contributed by atoms with Crippen molar-refractivity contribution in [2.75, 3.05) is 11.5 Å². The average Bonchev–Trinajstić information content (AvgIpc) is 3.49. The Balaban J connectivity index is 1.40. The standard InChI is InChI=1S/C25H25N7O9S2/c1-25(2,23(39)40)41-29-16(11-8-43-24(26)27-11)19(35)28-17-20(36)32-18(22(37)38)10(7-42-21(17)32)6-31-9-30(3)12-4-14(33)15(34)5-13(12)31/h4-5,8-9,17,21H,6-7H2,1-3H3,(H6-,26,27,28,29,33,34,35,37,38,39,40)/p+1/t17-,21-/m1/s1. The maximum absolute atomic E-state index is 13.3. The van der Waals surface area contributed by atoms with Gasteiger partial charge in [0, 0.05) is 28.8 Å². The Labute approximate surface area is 250 Å². The van der Waals surface area contributed by atoms with Gasteiger partial charge in [-0.25, -0.2) is 23.7 Å². The monoisotopic (exact) mass is 632 g/mol. The summed E-state index contributed by atoms with van der Waals surface area (Å²) in [5.74, 6) is -4.67. The van der Waals surface area contributed by atoms with Gasteiger partial charge in [-0.15, -0.1) is 23.1 Å². The number of rotatable bonds is 9. The molecule has 18 heteroatoms. The van der Waals surface area contributed by atoms with Crippen LogP contribution in [0.3, 0.4) is 0 Å². The van der Waals surface area contributed by atoms with Crippen molar-refractivity contribution >= 4 is 68.7 Å². The molecule has 0 radical (unpaired) electrons. The quantitative estimate of drug-likeness (QED) is 0.0599.